The summed E-state index contributed by atoms with van der Waals surface area (Å²) in [7, 11) is 5.73. The number of aromatic nitrogens is 3. The standard InChI is InChI=1S/C22H25N5O/c1-15-12-23-11-10-19(15)14-27(5)22(28)18-8-6-17(7-9-18)20-24-13-16(2)21(25-20)26(3)4/h6-13H,14H2,1-5H3. The Morgan fingerprint density at radius 1 is 0.964 bits per heavy atom. The molecule has 144 valence electrons. The summed E-state index contributed by atoms with van der Waals surface area (Å²) in [6.45, 7) is 4.53. The molecule has 3 rings (SSSR count). The number of carbonyl (C=O) groups excluding carboxylic acids is 1. The Labute approximate surface area is 165 Å². The summed E-state index contributed by atoms with van der Waals surface area (Å²) in [6, 6.07) is 9.38. The smallest absolute Gasteiger partial charge is 0.253 e. The molecule has 0 N–H and O–H groups in total. The number of rotatable bonds is 5. The summed E-state index contributed by atoms with van der Waals surface area (Å²) in [5, 5.41) is 0. The van der Waals surface area contributed by atoms with Gasteiger partial charge in [0.1, 0.15) is 5.82 Å². The Morgan fingerprint density at radius 2 is 1.68 bits per heavy atom. The van der Waals surface area contributed by atoms with Gasteiger partial charge in [0.15, 0.2) is 5.82 Å². The van der Waals surface area contributed by atoms with Gasteiger partial charge in [0, 0.05) is 63.0 Å². The molecule has 0 fully saturated rings. The highest BCUT2D eigenvalue weighted by Gasteiger charge is 2.14. The third-order valence-electron chi connectivity index (χ3n) is 4.65. The predicted molar refractivity (Wildman–Crippen MR) is 111 cm³/mol. The highest BCUT2D eigenvalue weighted by molar-refractivity contribution is 5.94. The summed E-state index contributed by atoms with van der Waals surface area (Å²) in [5.41, 5.74) is 4.70. The van der Waals surface area contributed by atoms with E-state index in [4.69, 9.17) is 0 Å². The molecule has 6 nitrogen and oxygen atoms in total. The van der Waals surface area contributed by atoms with Crippen LogP contribution in [0.3, 0.4) is 0 Å². The zero-order valence-corrected chi connectivity index (χ0v) is 17.0. The third kappa shape index (κ3) is 4.17. The van der Waals surface area contributed by atoms with E-state index in [1.807, 2.05) is 82.6 Å². The van der Waals surface area contributed by atoms with Crippen LogP contribution in [-0.4, -0.2) is 46.9 Å². The van der Waals surface area contributed by atoms with Crippen molar-refractivity contribution in [2.45, 2.75) is 20.4 Å². The second-order valence-corrected chi connectivity index (χ2v) is 7.14. The fourth-order valence-electron chi connectivity index (χ4n) is 3.01. The molecule has 0 saturated heterocycles. The van der Waals surface area contributed by atoms with Gasteiger partial charge in [-0.05, 0) is 43.2 Å². The highest BCUT2D eigenvalue weighted by atomic mass is 16.2. The minimum atomic E-state index is -0.0263. The van der Waals surface area contributed by atoms with Crippen LogP contribution in [0.1, 0.15) is 27.0 Å². The average Bonchev–Trinajstić information content (AvgIpc) is 2.69. The topological polar surface area (TPSA) is 62.2 Å². The lowest BCUT2D eigenvalue weighted by molar-refractivity contribution is 0.0785. The summed E-state index contributed by atoms with van der Waals surface area (Å²) in [4.78, 5) is 29.6. The van der Waals surface area contributed by atoms with Gasteiger partial charge in [0.25, 0.3) is 5.91 Å². The molecule has 6 heteroatoms. The van der Waals surface area contributed by atoms with Crippen LogP contribution in [0.5, 0.6) is 0 Å². The van der Waals surface area contributed by atoms with Crippen LogP contribution in [-0.2, 0) is 6.54 Å². The molecule has 1 aromatic carbocycles. The third-order valence-corrected chi connectivity index (χ3v) is 4.65. The summed E-state index contributed by atoms with van der Waals surface area (Å²) in [6.07, 6.45) is 5.38. The van der Waals surface area contributed by atoms with Gasteiger partial charge >= 0.3 is 0 Å². The zero-order chi connectivity index (χ0) is 20.3. The molecule has 0 saturated carbocycles. The largest absolute Gasteiger partial charge is 0.362 e. The van der Waals surface area contributed by atoms with Gasteiger partial charge in [-0.2, -0.15) is 0 Å². The van der Waals surface area contributed by atoms with Crippen molar-refractivity contribution in [3.8, 4) is 11.4 Å². The molecule has 0 radical (unpaired) electrons. The molecule has 3 aromatic rings. The highest BCUT2D eigenvalue weighted by Crippen LogP contribution is 2.21. The van der Waals surface area contributed by atoms with Crippen LogP contribution in [0.15, 0.2) is 48.9 Å². The van der Waals surface area contributed by atoms with Crippen molar-refractivity contribution < 1.29 is 4.79 Å². The molecule has 2 heterocycles. The second-order valence-electron chi connectivity index (χ2n) is 7.14. The first-order valence-electron chi connectivity index (χ1n) is 9.13. The van der Waals surface area contributed by atoms with E-state index in [1.165, 1.54) is 0 Å². The van der Waals surface area contributed by atoms with Gasteiger partial charge in [-0.25, -0.2) is 9.97 Å². The first-order valence-corrected chi connectivity index (χ1v) is 9.13. The number of hydrogen-bond donors (Lipinski definition) is 0. The average molecular weight is 375 g/mol. The van der Waals surface area contributed by atoms with Crippen molar-refractivity contribution in [1.82, 2.24) is 19.9 Å². The number of benzene rings is 1. The van der Waals surface area contributed by atoms with Gasteiger partial charge in [-0.15, -0.1) is 0 Å². The van der Waals surface area contributed by atoms with E-state index in [0.717, 1.165) is 28.1 Å². The first kappa shape index (κ1) is 19.5. The molecule has 1 amide bonds. The Balaban J connectivity index is 1.78. The Kier molecular flexibility index (Phi) is 5.68. The van der Waals surface area contributed by atoms with E-state index in [2.05, 4.69) is 15.0 Å². The Bertz CT molecular complexity index is 982. The van der Waals surface area contributed by atoms with E-state index in [0.29, 0.717) is 17.9 Å². The molecule has 0 aliphatic heterocycles. The molecule has 28 heavy (non-hydrogen) atoms. The van der Waals surface area contributed by atoms with Gasteiger partial charge in [-0.1, -0.05) is 12.1 Å². The molecular formula is C22H25N5O. The van der Waals surface area contributed by atoms with Gasteiger partial charge in [-0.3, -0.25) is 9.78 Å². The Hall–Kier alpha value is -3.28. The normalized spacial score (nSPS) is 10.6. The number of pyridine rings is 1. The molecule has 0 unspecified atom stereocenters. The summed E-state index contributed by atoms with van der Waals surface area (Å²) >= 11 is 0. The van der Waals surface area contributed by atoms with Gasteiger partial charge in [0.2, 0.25) is 0 Å². The molecule has 0 atom stereocenters. The maximum Gasteiger partial charge on any atom is 0.253 e. The van der Waals surface area contributed by atoms with Crippen molar-refractivity contribution in [2.24, 2.45) is 0 Å². The number of anilines is 1. The van der Waals surface area contributed by atoms with E-state index in [1.54, 1.807) is 11.1 Å². The number of aryl methyl sites for hydroxylation is 2. The number of nitrogens with zero attached hydrogens (tertiary/aromatic N) is 5. The fraction of sp³-hybridized carbons (Fsp3) is 0.273. The maximum atomic E-state index is 12.8. The van der Waals surface area contributed by atoms with Crippen molar-refractivity contribution in [3.05, 3.63) is 71.2 Å². The SMILES string of the molecule is Cc1cnccc1CN(C)C(=O)c1ccc(-c2ncc(C)c(N(C)C)n2)cc1. The number of carbonyl (C=O) groups is 1. The van der Waals surface area contributed by atoms with E-state index >= 15 is 0 Å². The van der Waals surface area contributed by atoms with Crippen LogP contribution in [0.2, 0.25) is 0 Å². The lowest BCUT2D eigenvalue weighted by atomic mass is 10.1. The molecule has 2 aromatic heterocycles. The maximum absolute atomic E-state index is 12.8. The van der Waals surface area contributed by atoms with E-state index < -0.39 is 0 Å². The molecule has 0 aliphatic carbocycles. The van der Waals surface area contributed by atoms with Crippen LogP contribution in [0.4, 0.5) is 5.82 Å². The van der Waals surface area contributed by atoms with Crippen molar-refractivity contribution in [1.29, 1.82) is 0 Å². The molecule has 0 bridgehead atoms. The second kappa shape index (κ2) is 8.17. The lowest BCUT2D eigenvalue weighted by Crippen LogP contribution is -2.26. The summed E-state index contributed by atoms with van der Waals surface area (Å²) in [5.74, 6) is 1.51. The predicted octanol–water partition coefficient (Wildman–Crippen LogP) is 3.49. The quantitative estimate of drug-likeness (QED) is 0.683. The van der Waals surface area contributed by atoms with Gasteiger partial charge < -0.3 is 9.80 Å². The van der Waals surface area contributed by atoms with Crippen molar-refractivity contribution in [3.63, 3.8) is 0 Å². The molecule has 0 aliphatic rings. The minimum Gasteiger partial charge on any atom is -0.362 e. The zero-order valence-electron chi connectivity index (χ0n) is 17.0. The van der Waals surface area contributed by atoms with E-state index in [-0.39, 0.29) is 5.91 Å². The van der Waals surface area contributed by atoms with Crippen LogP contribution >= 0.6 is 0 Å². The van der Waals surface area contributed by atoms with Crippen molar-refractivity contribution in [2.75, 3.05) is 26.0 Å². The van der Waals surface area contributed by atoms with Gasteiger partial charge in [0.05, 0.1) is 0 Å². The fourth-order valence-corrected chi connectivity index (χ4v) is 3.01. The van der Waals surface area contributed by atoms with Crippen LogP contribution < -0.4 is 4.90 Å². The van der Waals surface area contributed by atoms with Crippen LogP contribution in [0, 0.1) is 13.8 Å². The number of hydrogen-bond acceptors (Lipinski definition) is 5. The van der Waals surface area contributed by atoms with E-state index in [9.17, 15) is 4.79 Å². The summed E-state index contributed by atoms with van der Waals surface area (Å²) < 4.78 is 0. The van der Waals surface area contributed by atoms with Crippen LogP contribution in [0.25, 0.3) is 11.4 Å². The Morgan fingerprint density at radius 3 is 2.32 bits per heavy atom. The monoisotopic (exact) mass is 375 g/mol. The lowest BCUT2D eigenvalue weighted by Gasteiger charge is -2.18. The van der Waals surface area contributed by atoms with Crippen molar-refractivity contribution >= 4 is 11.7 Å². The minimum absolute atomic E-state index is 0.0263. The first-order chi connectivity index (χ1) is 13.4. The molecule has 0 spiro atoms. The number of amides is 1. The molecular weight excluding hydrogens is 350 g/mol.